The highest BCUT2D eigenvalue weighted by Crippen LogP contribution is 2.17. The van der Waals surface area contributed by atoms with E-state index in [1.807, 2.05) is 0 Å². The molecular formula is C20H29NO11. The quantitative estimate of drug-likeness (QED) is 0.310. The lowest BCUT2D eigenvalue weighted by molar-refractivity contribution is -0.201. The SMILES string of the molecule is CC(OC(=O)OC(C)(C)C)C(=O)OC(CC(=O)ON1C(=O)CCC1=O)C(=O)OC(C)(C)C. The molecule has 2 unspecified atom stereocenters. The molecule has 32 heavy (non-hydrogen) atoms. The third-order valence-corrected chi connectivity index (χ3v) is 3.47. The van der Waals surface area contributed by atoms with Crippen LogP contribution in [0.3, 0.4) is 0 Å². The van der Waals surface area contributed by atoms with Gasteiger partial charge in [0.25, 0.3) is 11.8 Å². The van der Waals surface area contributed by atoms with E-state index >= 15 is 0 Å². The van der Waals surface area contributed by atoms with Crippen LogP contribution in [-0.2, 0) is 47.8 Å². The van der Waals surface area contributed by atoms with Crippen LogP contribution in [0.15, 0.2) is 0 Å². The van der Waals surface area contributed by atoms with E-state index < -0.39 is 65.7 Å². The van der Waals surface area contributed by atoms with E-state index in [1.165, 1.54) is 6.92 Å². The lowest BCUT2D eigenvalue weighted by atomic mass is 10.2. The van der Waals surface area contributed by atoms with Crippen molar-refractivity contribution in [3.05, 3.63) is 0 Å². The van der Waals surface area contributed by atoms with E-state index in [2.05, 4.69) is 0 Å². The van der Waals surface area contributed by atoms with Crippen LogP contribution in [-0.4, -0.2) is 64.4 Å². The third-order valence-electron chi connectivity index (χ3n) is 3.47. The summed E-state index contributed by atoms with van der Waals surface area (Å²) in [5, 5.41) is 0.296. The molecule has 12 nitrogen and oxygen atoms in total. The van der Waals surface area contributed by atoms with Gasteiger partial charge in [-0.15, -0.1) is 5.06 Å². The Labute approximate surface area is 185 Å². The van der Waals surface area contributed by atoms with Crippen molar-refractivity contribution in [1.82, 2.24) is 5.06 Å². The zero-order valence-corrected chi connectivity index (χ0v) is 19.2. The molecule has 2 amide bonds. The van der Waals surface area contributed by atoms with Crippen LogP contribution in [0.4, 0.5) is 4.79 Å². The molecule has 1 aliphatic heterocycles. The van der Waals surface area contributed by atoms with Crippen molar-refractivity contribution in [2.45, 2.75) is 91.1 Å². The molecule has 0 aromatic rings. The highest BCUT2D eigenvalue weighted by molar-refractivity contribution is 6.01. The molecule has 1 heterocycles. The number of imide groups is 1. The molecule has 0 spiro atoms. The van der Waals surface area contributed by atoms with Crippen LogP contribution in [0.25, 0.3) is 0 Å². The molecule has 0 N–H and O–H groups in total. The first-order valence-corrected chi connectivity index (χ1v) is 9.88. The summed E-state index contributed by atoms with van der Waals surface area (Å²) < 4.78 is 19.9. The summed E-state index contributed by atoms with van der Waals surface area (Å²) in [5.74, 6) is -4.85. The maximum absolute atomic E-state index is 12.4. The largest absolute Gasteiger partial charge is 0.509 e. The number of hydrogen-bond donors (Lipinski definition) is 0. The molecule has 0 bridgehead atoms. The van der Waals surface area contributed by atoms with Crippen molar-refractivity contribution in [2.24, 2.45) is 0 Å². The van der Waals surface area contributed by atoms with Gasteiger partial charge in [-0.25, -0.2) is 19.2 Å². The Balaban J connectivity index is 2.84. The maximum Gasteiger partial charge on any atom is 0.509 e. The predicted molar refractivity (Wildman–Crippen MR) is 104 cm³/mol. The van der Waals surface area contributed by atoms with Gasteiger partial charge in [-0.2, -0.15) is 0 Å². The van der Waals surface area contributed by atoms with E-state index in [4.69, 9.17) is 23.8 Å². The molecule has 1 rings (SSSR count). The monoisotopic (exact) mass is 459 g/mol. The van der Waals surface area contributed by atoms with Gasteiger partial charge >= 0.3 is 24.1 Å². The molecule has 0 aromatic carbocycles. The summed E-state index contributed by atoms with van der Waals surface area (Å²) in [4.78, 5) is 76.5. The van der Waals surface area contributed by atoms with Gasteiger partial charge in [-0.1, -0.05) is 0 Å². The zero-order chi connectivity index (χ0) is 24.9. The first-order valence-electron chi connectivity index (χ1n) is 9.88. The number of carbonyl (C=O) groups excluding carboxylic acids is 6. The number of rotatable bonds is 7. The minimum atomic E-state index is -1.79. The van der Waals surface area contributed by atoms with Crippen LogP contribution in [0.5, 0.6) is 0 Å². The number of carbonyl (C=O) groups is 6. The van der Waals surface area contributed by atoms with E-state index in [9.17, 15) is 28.8 Å². The van der Waals surface area contributed by atoms with Crippen LogP contribution < -0.4 is 0 Å². The summed E-state index contributed by atoms with van der Waals surface area (Å²) in [5.41, 5.74) is -1.85. The zero-order valence-electron chi connectivity index (χ0n) is 19.2. The fourth-order valence-electron chi connectivity index (χ4n) is 2.19. The number of ether oxygens (including phenoxy) is 4. The van der Waals surface area contributed by atoms with Crippen molar-refractivity contribution in [1.29, 1.82) is 0 Å². The smallest absolute Gasteiger partial charge is 0.457 e. The van der Waals surface area contributed by atoms with Crippen LogP contribution in [0, 0.1) is 0 Å². The van der Waals surface area contributed by atoms with Crippen molar-refractivity contribution < 1.29 is 52.6 Å². The third kappa shape index (κ3) is 9.31. The van der Waals surface area contributed by atoms with E-state index in [0.717, 1.165) is 0 Å². The number of nitrogens with zero attached hydrogens (tertiary/aromatic N) is 1. The Morgan fingerprint density at radius 3 is 1.81 bits per heavy atom. The van der Waals surface area contributed by atoms with Crippen molar-refractivity contribution >= 4 is 35.9 Å². The van der Waals surface area contributed by atoms with Gasteiger partial charge in [0.1, 0.15) is 11.2 Å². The minimum Gasteiger partial charge on any atom is -0.457 e. The molecule has 12 heteroatoms. The number of esters is 2. The second-order valence-electron chi connectivity index (χ2n) is 8.93. The molecule has 180 valence electrons. The summed E-state index contributed by atoms with van der Waals surface area (Å²) in [6, 6.07) is 0. The second-order valence-corrected chi connectivity index (χ2v) is 8.93. The Hall–Kier alpha value is -3.18. The Kier molecular flexibility index (Phi) is 8.75. The van der Waals surface area contributed by atoms with E-state index in [1.54, 1.807) is 41.5 Å². The van der Waals surface area contributed by atoms with Crippen molar-refractivity contribution in [2.75, 3.05) is 0 Å². The average Bonchev–Trinajstić information content (AvgIpc) is 2.89. The van der Waals surface area contributed by atoms with Gasteiger partial charge in [0.2, 0.25) is 6.10 Å². The molecular weight excluding hydrogens is 430 g/mol. The lowest BCUT2D eigenvalue weighted by Gasteiger charge is -2.25. The Bertz CT molecular complexity index is 759. The normalized spacial score (nSPS) is 16.2. The minimum absolute atomic E-state index is 0.115. The topological polar surface area (TPSA) is 152 Å². The van der Waals surface area contributed by atoms with E-state index in [-0.39, 0.29) is 12.8 Å². The number of hydrogen-bond acceptors (Lipinski definition) is 11. The van der Waals surface area contributed by atoms with Crippen LogP contribution >= 0.6 is 0 Å². The molecule has 1 saturated heterocycles. The number of hydroxylamine groups is 2. The van der Waals surface area contributed by atoms with Crippen molar-refractivity contribution in [3.8, 4) is 0 Å². The standard InChI is InChI=1S/C20H29NO11/c1-11(28-18(27)31-20(5,6)7)16(25)29-12(17(26)30-19(2,3)4)10-15(24)32-21-13(22)8-9-14(21)23/h11-12H,8-10H2,1-7H3. The first-order chi connectivity index (χ1) is 14.5. The lowest BCUT2D eigenvalue weighted by Crippen LogP contribution is -2.41. The van der Waals surface area contributed by atoms with Gasteiger partial charge in [0.15, 0.2) is 6.10 Å². The maximum atomic E-state index is 12.4. The fourth-order valence-corrected chi connectivity index (χ4v) is 2.19. The Morgan fingerprint density at radius 2 is 1.34 bits per heavy atom. The highest BCUT2D eigenvalue weighted by atomic mass is 16.7. The Morgan fingerprint density at radius 1 is 0.844 bits per heavy atom. The molecule has 0 radical (unpaired) electrons. The summed E-state index contributed by atoms with van der Waals surface area (Å²) in [6.45, 7) is 10.6. The average molecular weight is 459 g/mol. The van der Waals surface area contributed by atoms with Crippen LogP contribution in [0.1, 0.15) is 67.7 Å². The molecule has 1 aliphatic rings. The van der Waals surface area contributed by atoms with Gasteiger partial charge < -0.3 is 23.8 Å². The molecule has 0 saturated carbocycles. The molecule has 0 aliphatic carbocycles. The predicted octanol–water partition coefficient (Wildman–Crippen LogP) is 1.58. The van der Waals surface area contributed by atoms with Gasteiger partial charge in [0, 0.05) is 12.8 Å². The molecule has 0 aromatic heterocycles. The van der Waals surface area contributed by atoms with Gasteiger partial charge in [0.05, 0.1) is 6.42 Å². The fraction of sp³-hybridized carbons (Fsp3) is 0.700. The second kappa shape index (κ2) is 10.4. The van der Waals surface area contributed by atoms with Crippen molar-refractivity contribution in [3.63, 3.8) is 0 Å². The molecule has 1 fully saturated rings. The summed E-state index contributed by atoms with van der Waals surface area (Å²) in [7, 11) is 0. The number of amides is 2. The van der Waals surface area contributed by atoms with Crippen LogP contribution in [0.2, 0.25) is 0 Å². The van der Waals surface area contributed by atoms with Gasteiger partial charge in [-0.3, -0.25) is 9.59 Å². The van der Waals surface area contributed by atoms with Gasteiger partial charge in [-0.05, 0) is 48.5 Å². The summed E-state index contributed by atoms with van der Waals surface area (Å²) >= 11 is 0. The summed E-state index contributed by atoms with van der Waals surface area (Å²) in [6.07, 6.45) is -5.48. The molecule has 2 atom stereocenters. The van der Waals surface area contributed by atoms with E-state index in [0.29, 0.717) is 5.06 Å². The highest BCUT2D eigenvalue weighted by Gasteiger charge is 2.37. The first kappa shape index (κ1) is 26.9.